The normalized spacial score (nSPS) is 11.0. The van der Waals surface area contributed by atoms with Gasteiger partial charge in [0.25, 0.3) is 0 Å². The number of nitrogens with two attached hydrogens (primary N) is 1. The molecule has 0 atom stereocenters. The number of hydrogen-bond donors (Lipinski definition) is 1. The van der Waals surface area contributed by atoms with Crippen LogP contribution in [0.4, 0.5) is 10.8 Å². The predicted octanol–water partition coefficient (Wildman–Crippen LogP) is 1.88. The van der Waals surface area contributed by atoms with Crippen molar-refractivity contribution in [2.24, 2.45) is 7.05 Å². The Labute approximate surface area is 116 Å². The molecule has 0 saturated heterocycles. The second-order valence-corrected chi connectivity index (χ2v) is 5.50. The van der Waals surface area contributed by atoms with Crippen molar-refractivity contribution in [3.63, 3.8) is 0 Å². The summed E-state index contributed by atoms with van der Waals surface area (Å²) in [5.74, 6) is 1.12. The molecule has 19 heavy (non-hydrogen) atoms. The van der Waals surface area contributed by atoms with Crippen molar-refractivity contribution in [2.75, 3.05) is 17.7 Å². The molecular formula is C12H19N5OS. The van der Waals surface area contributed by atoms with Gasteiger partial charge in [-0.3, -0.25) is 4.68 Å². The summed E-state index contributed by atoms with van der Waals surface area (Å²) in [5, 5.41) is 5.10. The lowest BCUT2D eigenvalue weighted by Crippen LogP contribution is -2.17. The number of aromatic nitrogens is 3. The maximum atomic E-state index is 5.86. The van der Waals surface area contributed by atoms with Gasteiger partial charge in [0, 0.05) is 32.4 Å². The highest BCUT2D eigenvalue weighted by atomic mass is 32.1. The Morgan fingerprint density at radius 3 is 2.84 bits per heavy atom. The molecule has 0 unspecified atom stereocenters. The molecule has 104 valence electrons. The van der Waals surface area contributed by atoms with Crippen LogP contribution in [0.15, 0.2) is 12.4 Å². The van der Waals surface area contributed by atoms with E-state index in [0.29, 0.717) is 11.6 Å². The number of rotatable bonds is 5. The van der Waals surface area contributed by atoms with Crippen molar-refractivity contribution in [1.82, 2.24) is 14.2 Å². The van der Waals surface area contributed by atoms with E-state index in [1.807, 2.05) is 40.3 Å². The van der Waals surface area contributed by atoms with Gasteiger partial charge < -0.3 is 15.4 Å². The van der Waals surface area contributed by atoms with Gasteiger partial charge in [0.2, 0.25) is 0 Å². The van der Waals surface area contributed by atoms with Crippen molar-refractivity contribution in [3.8, 4) is 5.75 Å². The molecule has 0 aliphatic heterocycles. The molecule has 0 bridgehead atoms. The topological polar surface area (TPSA) is 69.2 Å². The average Bonchev–Trinajstić information content (AvgIpc) is 2.86. The lowest BCUT2D eigenvalue weighted by atomic mass is 10.3. The van der Waals surface area contributed by atoms with Gasteiger partial charge in [0.05, 0.1) is 12.3 Å². The van der Waals surface area contributed by atoms with Crippen LogP contribution in [0.2, 0.25) is 0 Å². The summed E-state index contributed by atoms with van der Waals surface area (Å²) < 4.78 is 11.7. The van der Waals surface area contributed by atoms with Gasteiger partial charge in [0.1, 0.15) is 0 Å². The molecule has 0 aliphatic rings. The molecule has 7 heteroatoms. The summed E-state index contributed by atoms with van der Waals surface area (Å²) >= 11 is 1.35. The number of nitrogens with zero attached hydrogens (tertiary/aromatic N) is 4. The second kappa shape index (κ2) is 5.48. The van der Waals surface area contributed by atoms with Crippen molar-refractivity contribution in [3.05, 3.63) is 18.0 Å². The molecule has 0 radical (unpaired) electrons. The quantitative estimate of drug-likeness (QED) is 0.906. The molecule has 2 aromatic heterocycles. The molecule has 6 nitrogen and oxygen atoms in total. The predicted molar refractivity (Wildman–Crippen MR) is 77.6 cm³/mol. The molecule has 0 saturated carbocycles. The number of hydrogen-bond acceptors (Lipinski definition) is 6. The monoisotopic (exact) mass is 281 g/mol. The fourth-order valence-corrected chi connectivity index (χ4v) is 2.48. The van der Waals surface area contributed by atoms with E-state index in [-0.39, 0.29) is 6.10 Å². The smallest absolute Gasteiger partial charge is 0.198 e. The molecular weight excluding hydrogens is 262 g/mol. The highest BCUT2D eigenvalue weighted by Gasteiger charge is 2.18. The summed E-state index contributed by atoms with van der Waals surface area (Å²) in [6.07, 6.45) is 3.91. The minimum Gasteiger partial charge on any atom is -0.484 e. The summed E-state index contributed by atoms with van der Waals surface area (Å²) in [7, 11) is 3.90. The van der Waals surface area contributed by atoms with Gasteiger partial charge >= 0.3 is 0 Å². The van der Waals surface area contributed by atoms with Gasteiger partial charge in [-0.1, -0.05) is 0 Å². The van der Waals surface area contributed by atoms with Gasteiger partial charge in [-0.05, 0) is 25.4 Å². The lowest BCUT2D eigenvalue weighted by molar-refractivity contribution is 0.245. The van der Waals surface area contributed by atoms with E-state index in [0.717, 1.165) is 17.1 Å². The van der Waals surface area contributed by atoms with Crippen molar-refractivity contribution < 1.29 is 4.74 Å². The van der Waals surface area contributed by atoms with E-state index < -0.39 is 0 Å². The number of aryl methyl sites for hydroxylation is 1. The van der Waals surface area contributed by atoms with Gasteiger partial charge in [-0.25, -0.2) is 0 Å². The molecule has 0 spiro atoms. The number of ether oxygens (including phenoxy) is 1. The zero-order valence-corrected chi connectivity index (χ0v) is 12.4. The van der Waals surface area contributed by atoms with Crippen LogP contribution in [0, 0.1) is 0 Å². The Kier molecular flexibility index (Phi) is 3.94. The van der Waals surface area contributed by atoms with Crippen molar-refractivity contribution in [1.29, 1.82) is 0 Å². The molecule has 0 aromatic carbocycles. The Bertz CT molecular complexity index is 548. The average molecular weight is 281 g/mol. The lowest BCUT2D eigenvalue weighted by Gasteiger charge is -2.19. The maximum absolute atomic E-state index is 5.86. The Hall–Kier alpha value is -1.76. The Balaban J connectivity index is 2.16. The van der Waals surface area contributed by atoms with Gasteiger partial charge in [-0.2, -0.15) is 9.47 Å². The van der Waals surface area contributed by atoms with Crippen LogP contribution in [0.1, 0.15) is 19.4 Å². The minimum atomic E-state index is 0.0734. The second-order valence-electron chi connectivity index (χ2n) is 4.75. The molecule has 2 N–H and O–H groups in total. The first-order chi connectivity index (χ1) is 8.97. The zero-order valence-electron chi connectivity index (χ0n) is 11.6. The Morgan fingerprint density at radius 2 is 2.26 bits per heavy atom. The third kappa shape index (κ3) is 3.17. The number of nitrogen functional groups attached to an aromatic ring is 1. The third-order valence-corrected chi connectivity index (χ3v) is 3.49. The molecule has 2 rings (SSSR count). The maximum Gasteiger partial charge on any atom is 0.198 e. The summed E-state index contributed by atoms with van der Waals surface area (Å²) in [6.45, 7) is 4.69. The standard InChI is InChI=1S/C12H19N5OS/c1-8(2)18-10-11(13)15-19-12(10)16(3)6-9-5-14-17(4)7-9/h5,7-8H,6H2,1-4H3,(H2,13,15). The van der Waals surface area contributed by atoms with Gasteiger partial charge in [-0.15, -0.1) is 0 Å². The van der Waals surface area contributed by atoms with Crippen LogP contribution in [0.25, 0.3) is 0 Å². The summed E-state index contributed by atoms with van der Waals surface area (Å²) in [4.78, 5) is 2.07. The molecule has 0 amide bonds. The van der Waals surface area contributed by atoms with E-state index in [4.69, 9.17) is 10.5 Å². The first-order valence-corrected chi connectivity index (χ1v) is 6.85. The largest absolute Gasteiger partial charge is 0.484 e. The highest BCUT2D eigenvalue weighted by molar-refractivity contribution is 7.11. The SMILES string of the molecule is CC(C)Oc1c(N)nsc1N(C)Cc1cnn(C)c1. The summed E-state index contributed by atoms with van der Waals surface area (Å²) in [5.41, 5.74) is 6.99. The van der Waals surface area contributed by atoms with Crippen LogP contribution in [-0.4, -0.2) is 27.3 Å². The Morgan fingerprint density at radius 1 is 1.53 bits per heavy atom. The molecule has 0 fully saturated rings. The van der Waals surface area contributed by atoms with Crippen molar-refractivity contribution >= 4 is 22.4 Å². The molecule has 2 aromatic rings. The third-order valence-electron chi connectivity index (χ3n) is 2.54. The fraction of sp³-hybridized carbons (Fsp3) is 0.500. The number of anilines is 2. The van der Waals surface area contributed by atoms with Crippen molar-refractivity contribution in [2.45, 2.75) is 26.5 Å². The first-order valence-electron chi connectivity index (χ1n) is 6.08. The molecule has 2 heterocycles. The first kappa shape index (κ1) is 13.7. The van der Waals surface area contributed by atoms with E-state index >= 15 is 0 Å². The van der Waals surface area contributed by atoms with E-state index in [1.54, 1.807) is 4.68 Å². The van der Waals surface area contributed by atoms with Crippen LogP contribution in [-0.2, 0) is 13.6 Å². The highest BCUT2D eigenvalue weighted by Crippen LogP contribution is 2.38. The zero-order chi connectivity index (χ0) is 14.0. The minimum absolute atomic E-state index is 0.0734. The van der Waals surface area contributed by atoms with Crippen LogP contribution in [0.3, 0.4) is 0 Å². The van der Waals surface area contributed by atoms with E-state index in [9.17, 15) is 0 Å². The van der Waals surface area contributed by atoms with Crippen LogP contribution >= 0.6 is 11.5 Å². The van der Waals surface area contributed by atoms with Crippen LogP contribution in [0.5, 0.6) is 5.75 Å². The van der Waals surface area contributed by atoms with E-state index in [1.165, 1.54) is 11.5 Å². The van der Waals surface area contributed by atoms with Gasteiger partial charge in [0.15, 0.2) is 16.6 Å². The molecule has 0 aliphatic carbocycles. The fourth-order valence-electron chi connectivity index (χ4n) is 1.77. The summed E-state index contributed by atoms with van der Waals surface area (Å²) in [6, 6.07) is 0. The van der Waals surface area contributed by atoms with E-state index in [2.05, 4.69) is 14.4 Å². The van der Waals surface area contributed by atoms with Crippen LogP contribution < -0.4 is 15.4 Å².